The minimum Gasteiger partial charge on any atom is -0.459 e. The van der Waals surface area contributed by atoms with Gasteiger partial charge in [-0.25, -0.2) is 0 Å². The highest BCUT2D eigenvalue weighted by Crippen LogP contribution is 2.18. The molecule has 0 unspecified atom stereocenters. The molecule has 30 heavy (non-hydrogen) atoms. The number of benzene rings is 2. The quantitative estimate of drug-likeness (QED) is 0.480. The Kier molecular flexibility index (Phi) is 5.66. The van der Waals surface area contributed by atoms with Crippen LogP contribution < -0.4 is 10.6 Å². The summed E-state index contributed by atoms with van der Waals surface area (Å²) < 4.78 is 10.3. The van der Waals surface area contributed by atoms with Crippen molar-refractivity contribution >= 4 is 23.2 Å². The third kappa shape index (κ3) is 4.79. The lowest BCUT2D eigenvalue weighted by Gasteiger charge is -2.08. The molecule has 2 aromatic heterocycles. The second-order valence-electron chi connectivity index (χ2n) is 6.44. The molecule has 0 aliphatic rings. The molecule has 0 aliphatic carbocycles. The molecule has 8 nitrogen and oxygen atoms in total. The second-order valence-corrected chi connectivity index (χ2v) is 6.44. The molecule has 0 saturated carbocycles. The smallest absolute Gasteiger partial charge is 0.291 e. The molecule has 4 aromatic rings. The zero-order chi connectivity index (χ0) is 20.8. The van der Waals surface area contributed by atoms with E-state index in [-0.39, 0.29) is 24.0 Å². The Morgan fingerprint density at radius 1 is 0.900 bits per heavy atom. The molecule has 2 heterocycles. The van der Waals surface area contributed by atoms with Crippen LogP contribution in [0.5, 0.6) is 0 Å². The van der Waals surface area contributed by atoms with E-state index in [0.717, 1.165) is 5.56 Å². The van der Waals surface area contributed by atoms with Crippen LogP contribution in [0.15, 0.2) is 81.9 Å². The van der Waals surface area contributed by atoms with Crippen LogP contribution in [-0.2, 0) is 11.2 Å². The minimum atomic E-state index is -0.367. The fourth-order valence-corrected chi connectivity index (χ4v) is 2.78. The van der Waals surface area contributed by atoms with Crippen LogP contribution in [0.25, 0.3) is 11.4 Å². The Morgan fingerprint density at radius 3 is 2.47 bits per heavy atom. The van der Waals surface area contributed by atoms with E-state index in [0.29, 0.717) is 29.5 Å². The first-order valence-electron chi connectivity index (χ1n) is 9.30. The highest BCUT2D eigenvalue weighted by molar-refractivity contribution is 6.02. The summed E-state index contributed by atoms with van der Waals surface area (Å²) in [5.41, 5.74) is 1.96. The van der Waals surface area contributed by atoms with Crippen molar-refractivity contribution in [1.29, 1.82) is 0 Å². The third-order valence-corrected chi connectivity index (χ3v) is 4.22. The lowest BCUT2D eigenvalue weighted by atomic mass is 10.2. The maximum absolute atomic E-state index is 12.3. The molecule has 0 aliphatic heterocycles. The van der Waals surface area contributed by atoms with Crippen LogP contribution >= 0.6 is 0 Å². The molecular formula is C22H18N4O4. The normalized spacial score (nSPS) is 10.5. The van der Waals surface area contributed by atoms with Crippen LogP contribution in [0, 0.1) is 0 Å². The van der Waals surface area contributed by atoms with E-state index >= 15 is 0 Å². The lowest BCUT2D eigenvalue weighted by molar-refractivity contribution is -0.116. The number of furan rings is 1. The van der Waals surface area contributed by atoms with Crippen molar-refractivity contribution < 1.29 is 18.5 Å². The van der Waals surface area contributed by atoms with Crippen LogP contribution in [0.3, 0.4) is 0 Å². The minimum absolute atomic E-state index is 0.180. The summed E-state index contributed by atoms with van der Waals surface area (Å²) in [6.07, 6.45) is 1.93. The second kappa shape index (κ2) is 8.87. The van der Waals surface area contributed by atoms with Gasteiger partial charge in [-0.15, -0.1) is 0 Å². The van der Waals surface area contributed by atoms with Crippen molar-refractivity contribution in [3.63, 3.8) is 0 Å². The summed E-state index contributed by atoms with van der Waals surface area (Å²) in [5, 5.41) is 9.46. The summed E-state index contributed by atoms with van der Waals surface area (Å²) >= 11 is 0. The number of nitrogens with zero attached hydrogens (tertiary/aromatic N) is 2. The molecular weight excluding hydrogens is 384 g/mol. The first-order chi connectivity index (χ1) is 14.7. The number of anilines is 2. The Balaban J connectivity index is 1.31. The number of aromatic nitrogens is 2. The van der Waals surface area contributed by atoms with E-state index in [4.69, 9.17) is 8.94 Å². The van der Waals surface area contributed by atoms with Crippen LogP contribution in [0.1, 0.15) is 22.9 Å². The van der Waals surface area contributed by atoms with Gasteiger partial charge in [0.05, 0.1) is 6.26 Å². The van der Waals surface area contributed by atoms with Gasteiger partial charge in [0.15, 0.2) is 5.76 Å². The standard InChI is InChI=1S/C22H18N4O4/c27-19(11-12-20-25-21(26-30-20)15-6-2-1-3-7-15)23-16-8-4-9-17(14-16)24-22(28)18-10-5-13-29-18/h1-10,13-14H,11-12H2,(H,23,27)(H,24,28). The van der Waals surface area contributed by atoms with E-state index < -0.39 is 0 Å². The molecule has 2 aromatic carbocycles. The van der Waals surface area contributed by atoms with Gasteiger partial charge in [-0.2, -0.15) is 4.98 Å². The van der Waals surface area contributed by atoms with E-state index in [2.05, 4.69) is 20.8 Å². The third-order valence-electron chi connectivity index (χ3n) is 4.22. The molecule has 2 N–H and O–H groups in total. The Hall–Kier alpha value is -4.20. The molecule has 8 heteroatoms. The zero-order valence-corrected chi connectivity index (χ0v) is 15.9. The van der Waals surface area contributed by atoms with Crippen molar-refractivity contribution in [3.05, 3.63) is 84.6 Å². The molecule has 0 spiro atoms. The van der Waals surface area contributed by atoms with Crippen LogP contribution in [-0.4, -0.2) is 22.0 Å². The summed E-state index contributed by atoms with van der Waals surface area (Å²) in [5.74, 6) is 0.520. The van der Waals surface area contributed by atoms with E-state index in [1.165, 1.54) is 6.26 Å². The van der Waals surface area contributed by atoms with Crippen molar-refractivity contribution in [2.75, 3.05) is 10.6 Å². The lowest BCUT2D eigenvalue weighted by Crippen LogP contribution is -2.14. The topological polar surface area (TPSA) is 110 Å². The van der Waals surface area contributed by atoms with E-state index in [1.54, 1.807) is 36.4 Å². The molecule has 0 fully saturated rings. The number of aryl methyl sites for hydroxylation is 1. The predicted molar refractivity (Wildman–Crippen MR) is 110 cm³/mol. The number of rotatable bonds is 7. The monoisotopic (exact) mass is 402 g/mol. The first kappa shape index (κ1) is 19.1. The number of nitrogens with one attached hydrogen (secondary N) is 2. The van der Waals surface area contributed by atoms with E-state index in [9.17, 15) is 9.59 Å². The maximum atomic E-state index is 12.3. The number of hydrogen-bond acceptors (Lipinski definition) is 6. The van der Waals surface area contributed by atoms with Crippen molar-refractivity contribution in [2.24, 2.45) is 0 Å². The number of carbonyl (C=O) groups is 2. The van der Waals surface area contributed by atoms with Gasteiger partial charge in [-0.3, -0.25) is 9.59 Å². The zero-order valence-electron chi connectivity index (χ0n) is 15.9. The Labute approximate surface area is 171 Å². The molecule has 150 valence electrons. The number of hydrogen-bond donors (Lipinski definition) is 2. The van der Waals surface area contributed by atoms with Gasteiger partial charge < -0.3 is 19.6 Å². The average molecular weight is 402 g/mol. The van der Waals surface area contributed by atoms with Gasteiger partial charge in [0.1, 0.15) is 0 Å². The molecule has 0 bridgehead atoms. The Morgan fingerprint density at radius 2 is 1.70 bits per heavy atom. The average Bonchev–Trinajstić information content (AvgIpc) is 3.46. The van der Waals surface area contributed by atoms with Crippen LogP contribution in [0.4, 0.5) is 11.4 Å². The molecule has 2 amide bonds. The Bertz CT molecular complexity index is 1140. The van der Waals surface area contributed by atoms with Crippen molar-refractivity contribution in [3.8, 4) is 11.4 Å². The summed E-state index contributed by atoms with van der Waals surface area (Å²) in [6.45, 7) is 0. The van der Waals surface area contributed by atoms with E-state index in [1.807, 2.05) is 30.3 Å². The largest absolute Gasteiger partial charge is 0.459 e. The fourth-order valence-electron chi connectivity index (χ4n) is 2.78. The molecule has 4 rings (SSSR count). The predicted octanol–water partition coefficient (Wildman–Crippen LogP) is 4.15. The van der Waals surface area contributed by atoms with Gasteiger partial charge in [-0.05, 0) is 30.3 Å². The van der Waals surface area contributed by atoms with Gasteiger partial charge in [0, 0.05) is 29.8 Å². The number of amides is 2. The highest BCUT2D eigenvalue weighted by Gasteiger charge is 2.12. The van der Waals surface area contributed by atoms with Crippen LogP contribution in [0.2, 0.25) is 0 Å². The summed E-state index contributed by atoms with van der Waals surface area (Å²) in [6, 6.07) is 19.5. The molecule has 0 radical (unpaired) electrons. The summed E-state index contributed by atoms with van der Waals surface area (Å²) in [7, 11) is 0. The van der Waals surface area contributed by atoms with Crippen molar-refractivity contribution in [1.82, 2.24) is 10.1 Å². The van der Waals surface area contributed by atoms with Gasteiger partial charge >= 0.3 is 0 Å². The first-order valence-corrected chi connectivity index (χ1v) is 9.30. The molecule has 0 atom stereocenters. The maximum Gasteiger partial charge on any atom is 0.291 e. The van der Waals surface area contributed by atoms with Crippen molar-refractivity contribution in [2.45, 2.75) is 12.8 Å². The SMILES string of the molecule is O=C(CCc1nc(-c2ccccc2)no1)Nc1cccc(NC(=O)c2ccco2)c1. The van der Waals surface area contributed by atoms with Gasteiger partial charge in [0.25, 0.3) is 5.91 Å². The van der Waals surface area contributed by atoms with Gasteiger partial charge in [0.2, 0.25) is 17.6 Å². The fraction of sp³-hybridized carbons (Fsp3) is 0.0909. The highest BCUT2D eigenvalue weighted by atomic mass is 16.5. The number of carbonyl (C=O) groups excluding carboxylic acids is 2. The molecule has 0 saturated heterocycles. The van der Waals surface area contributed by atoms with Gasteiger partial charge in [-0.1, -0.05) is 41.6 Å². The summed E-state index contributed by atoms with van der Waals surface area (Å²) in [4.78, 5) is 28.7.